The third kappa shape index (κ3) is 2.51. The van der Waals surface area contributed by atoms with Crippen molar-refractivity contribution in [1.29, 1.82) is 0 Å². The minimum absolute atomic E-state index is 0.502. The largest absolute Gasteiger partial charge is 0.443 e. The maximum Gasteiger partial charge on any atom is 0.198 e. The van der Waals surface area contributed by atoms with Gasteiger partial charge in [-0.2, -0.15) is 0 Å². The van der Waals surface area contributed by atoms with Crippen LogP contribution in [0, 0.1) is 0 Å². The van der Waals surface area contributed by atoms with Crippen molar-refractivity contribution >= 4 is 15.9 Å². The Morgan fingerprint density at radius 3 is 2.81 bits per heavy atom. The Balaban J connectivity index is 2.18. The molecule has 0 aliphatic carbocycles. The van der Waals surface area contributed by atoms with Gasteiger partial charge in [-0.25, -0.2) is 4.98 Å². The van der Waals surface area contributed by atoms with E-state index in [9.17, 15) is 5.11 Å². The Labute approximate surface area is 102 Å². The van der Waals surface area contributed by atoms with E-state index in [0.717, 1.165) is 10.0 Å². The van der Waals surface area contributed by atoms with Crippen LogP contribution >= 0.6 is 15.9 Å². The molecule has 2 aromatic rings. The fourth-order valence-electron chi connectivity index (χ4n) is 1.40. The lowest BCUT2D eigenvalue weighted by Crippen LogP contribution is -1.89. The zero-order valence-electron chi connectivity index (χ0n) is 8.85. The first-order chi connectivity index (χ1) is 7.66. The highest BCUT2D eigenvalue weighted by Crippen LogP contribution is 2.20. The normalized spacial score (nSPS) is 12.7. The molecule has 0 bridgehead atoms. The maximum absolute atomic E-state index is 9.31. The molecule has 1 heterocycles. The van der Waals surface area contributed by atoms with Crippen molar-refractivity contribution < 1.29 is 9.52 Å². The highest BCUT2D eigenvalue weighted by atomic mass is 79.9. The fourth-order valence-corrected chi connectivity index (χ4v) is 1.83. The molecule has 0 radical (unpaired) electrons. The lowest BCUT2D eigenvalue weighted by atomic mass is 10.1. The number of hydrogen-bond donors (Lipinski definition) is 1. The van der Waals surface area contributed by atoms with Gasteiger partial charge in [0, 0.05) is 4.47 Å². The summed E-state index contributed by atoms with van der Waals surface area (Å²) in [5.41, 5.74) is 1.11. The number of nitrogens with zero attached hydrogens (tertiary/aromatic N) is 1. The number of oxazole rings is 1. The molecule has 1 aromatic carbocycles. The molecule has 2 rings (SSSR count). The summed E-state index contributed by atoms with van der Waals surface area (Å²) in [4.78, 5) is 4.13. The van der Waals surface area contributed by atoms with Crippen molar-refractivity contribution in [3.05, 3.63) is 52.1 Å². The van der Waals surface area contributed by atoms with Gasteiger partial charge in [-0.1, -0.05) is 34.1 Å². The first-order valence-electron chi connectivity index (χ1n) is 5.03. The van der Waals surface area contributed by atoms with Crippen LogP contribution in [0.3, 0.4) is 0 Å². The average Bonchev–Trinajstić information content (AvgIpc) is 2.70. The van der Waals surface area contributed by atoms with E-state index in [1.807, 2.05) is 24.3 Å². The zero-order valence-corrected chi connectivity index (χ0v) is 10.4. The Morgan fingerprint density at radius 1 is 1.44 bits per heavy atom. The minimum atomic E-state index is -0.611. The predicted octanol–water partition coefficient (Wildman–Crippen LogP) is 3.08. The molecule has 0 amide bonds. The van der Waals surface area contributed by atoms with Gasteiger partial charge in [0.05, 0.1) is 12.6 Å². The van der Waals surface area contributed by atoms with Crippen LogP contribution in [-0.2, 0) is 6.42 Å². The number of hydrogen-bond acceptors (Lipinski definition) is 3. The third-order valence-electron chi connectivity index (χ3n) is 2.28. The van der Waals surface area contributed by atoms with Gasteiger partial charge in [0.1, 0.15) is 6.10 Å². The standard InChI is InChI=1S/C12H12BrNO2/c1-8(15)11-7-14-12(16-11)6-9-4-2-3-5-10(9)13/h2-5,7-8,15H,6H2,1H3. The quantitative estimate of drug-likeness (QED) is 0.941. The van der Waals surface area contributed by atoms with Crippen LogP contribution in [0.25, 0.3) is 0 Å². The monoisotopic (exact) mass is 281 g/mol. The highest BCUT2D eigenvalue weighted by molar-refractivity contribution is 9.10. The number of rotatable bonds is 3. The van der Waals surface area contributed by atoms with Crippen molar-refractivity contribution in [3.8, 4) is 0 Å². The second kappa shape index (κ2) is 4.80. The molecule has 4 heteroatoms. The molecule has 0 aliphatic heterocycles. The Hall–Kier alpha value is -1.13. The Kier molecular flexibility index (Phi) is 3.41. The topological polar surface area (TPSA) is 46.3 Å². The second-order valence-corrected chi connectivity index (χ2v) is 4.45. The Morgan fingerprint density at radius 2 is 2.19 bits per heavy atom. The number of benzene rings is 1. The summed E-state index contributed by atoms with van der Waals surface area (Å²) < 4.78 is 6.46. The van der Waals surface area contributed by atoms with Gasteiger partial charge in [0.25, 0.3) is 0 Å². The lowest BCUT2D eigenvalue weighted by molar-refractivity contribution is 0.167. The van der Waals surface area contributed by atoms with E-state index in [-0.39, 0.29) is 0 Å². The first-order valence-corrected chi connectivity index (χ1v) is 5.82. The van der Waals surface area contributed by atoms with Crippen LogP contribution in [0.4, 0.5) is 0 Å². The Bertz CT molecular complexity index is 479. The number of aliphatic hydroxyl groups is 1. The van der Waals surface area contributed by atoms with Gasteiger partial charge in [-0.3, -0.25) is 0 Å². The summed E-state index contributed by atoms with van der Waals surface area (Å²) in [6.07, 6.45) is 1.57. The summed E-state index contributed by atoms with van der Waals surface area (Å²) in [6, 6.07) is 7.92. The molecular formula is C12H12BrNO2. The van der Waals surface area contributed by atoms with Gasteiger partial charge in [0.2, 0.25) is 0 Å². The van der Waals surface area contributed by atoms with Crippen molar-refractivity contribution in [2.75, 3.05) is 0 Å². The summed E-state index contributed by atoms with van der Waals surface area (Å²) in [5.74, 6) is 1.12. The van der Waals surface area contributed by atoms with Gasteiger partial charge in [-0.05, 0) is 18.6 Å². The van der Waals surface area contributed by atoms with Crippen LogP contribution in [0.5, 0.6) is 0 Å². The summed E-state index contributed by atoms with van der Waals surface area (Å²) >= 11 is 3.47. The molecule has 0 aliphatic rings. The van der Waals surface area contributed by atoms with Crippen LogP contribution in [0.15, 0.2) is 39.4 Å². The van der Waals surface area contributed by atoms with Crippen molar-refractivity contribution in [2.24, 2.45) is 0 Å². The van der Waals surface area contributed by atoms with E-state index in [1.54, 1.807) is 13.1 Å². The molecule has 1 N–H and O–H groups in total. The minimum Gasteiger partial charge on any atom is -0.443 e. The smallest absolute Gasteiger partial charge is 0.198 e. The maximum atomic E-state index is 9.31. The molecule has 1 aromatic heterocycles. The van der Waals surface area contributed by atoms with E-state index in [1.165, 1.54) is 0 Å². The van der Waals surface area contributed by atoms with Gasteiger partial charge >= 0.3 is 0 Å². The van der Waals surface area contributed by atoms with Crippen LogP contribution in [0.2, 0.25) is 0 Å². The second-order valence-electron chi connectivity index (χ2n) is 3.60. The van der Waals surface area contributed by atoms with Crippen molar-refractivity contribution in [2.45, 2.75) is 19.4 Å². The molecule has 0 fully saturated rings. The molecular weight excluding hydrogens is 270 g/mol. The number of aliphatic hydroxyl groups excluding tert-OH is 1. The number of aromatic nitrogens is 1. The fraction of sp³-hybridized carbons (Fsp3) is 0.250. The molecule has 0 spiro atoms. The molecule has 3 nitrogen and oxygen atoms in total. The number of halogens is 1. The van der Waals surface area contributed by atoms with Gasteiger partial charge in [0.15, 0.2) is 11.7 Å². The average molecular weight is 282 g/mol. The summed E-state index contributed by atoms with van der Waals surface area (Å²) in [5, 5.41) is 9.31. The molecule has 0 saturated heterocycles. The molecule has 1 unspecified atom stereocenters. The van der Waals surface area contributed by atoms with E-state index >= 15 is 0 Å². The third-order valence-corrected chi connectivity index (χ3v) is 3.06. The van der Waals surface area contributed by atoms with E-state index in [2.05, 4.69) is 20.9 Å². The predicted molar refractivity (Wildman–Crippen MR) is 64.1 cm³/mol. The molecule has 1 atom stereocenters. The summed E-state index contributed by atoms with van der Waals surface area (Å²) in [7, 11) is 0. The van der Waals surface area contributed by atoms with Crippen LogP contribution in [0.1, 0.15) is 30.2 Å². The van der Waals surface area contributed by atoms with Gasteiger partial charge in [-0.15, -0.1) is 0 Å². The first kappa shape index (κ1) is 11.4. The van der Waals surface area contributed by atoms with Crippen LogP contribution < -0.4 is 0 Å². The lowest BCUT2D eigenvalue weighted by Gasteiger charge is -2.01. The van der Waals surface area contributed by atoms with Crippen LogP contribution in [-0.4, -0.2) is 10.1 Å². The van der Waals surface area contributed by atoms with E-state index in [4.69, 9.17) is 4.42 Å². The molecule has 16 heavy (non-hydrogen) atoms. The molecule has 0 saturated carbocycles. The highest BCUT2D eigenvalue weighted by Gasteiger charge is 2.10. The molecule has 84 valence electrons. The van der Waals surface area contributed by atoms with E-state index in [0.29, 0.717) is 18.1 Å². The van der Waals surface area contributed by atoms with Gasteiger partial charge < -0.3 is 9.52 Å². The SMILES string of the molecule is CC(O)c1cnc(Cc2ccccc2Br)o1. The van der Waals surface area contributed by atoms with E-state index < -0.39 is 6.10 Å². The zero-order chi connectivity index (χ0) is 11.5. The van der Waals surface area contributed by atoms with Crippen molar-refractivity contribution in [3.63, 3.8) is 0 Å². The van der Waals surface area contributed by atoms with Crippen molar-refractivity contribution in [1.82, 2.24) is 4.98 Å². The summed E-state index contributed by atoms with van der Waals surface area (Å²) in [6.45, 7) is 1.66.